The summed E-state index contributed by atoms with van der Waals surface area (Å²) in [5.74, 6) is 1.04. The average molecular weight is 547 g/mol. The van der Waals surface area contributed by atoms with E-state index in [0.29, 0.717) is 0 Å². The molecule has 0 spiro atoms. The Kier molecular flexibility index (Phi) is 8.85. The average Bonchev–Trinajstić information content (AvgIpc) is 3.50. The number of hydrogen-bond acceptors (Lipinski definition) is 6. The molecule has 0 amide bonds. The van der Waals surface area contributed by atoms with E-state index in [1.54, 1.807) is 11.3 Å². The Balaban J connectivity index is 0.00000240. The molecule has 6 nitrogen and oxygen atoms in total. The molecule has 2 saturated heterocycles. The maximum atomic E-state index is 4.89. The molecule has 0 atom stereocenters. The molecule has 2 fully saturated rings. The number of hydrogen-bond donors (Lipinski definition) is 1. The number of aliphatic imine (C=N–C) groups is 1. The zero-order chi connectivity index (χ0) is 19.2. The van der Waals surface area contributed by atoms with Crippen molar-refractivity contribution in [3.63, 3.8) is 0 Å². The molecule has 0 bridgehead atoms. The largest absolute Gasteiger partial charge is 0.360 e. The summed E-state index contributed by atoms with van der Waals surface area (Å²) in [7, 11) is 0. The molecule has 0 unspecified atom stereocenters. The van der Waals surface area contributed by atoms with E-state index in [-0.39, 0.29) is 24.0 Å². The zero-order valence-electron chi connectivity index (χ0n) is 17.0. The van der Waals surface area contributed by atoms with E-state index in [0.717, 1.165) is 64.7 Å². The van der Waals surface area contributed by atoms with Gasteiger partial charge in [-0.05, 0) is 37.3 Å². The Hall–Kier alpha value is -1.07. The molecule has 9 heteroatoms. The highest BCUT2D eigenvalue weighted by atomic mass is 127. The van der Waals surface area contributed by atoms with Gasteiger partial charge in [0.1, 0.15) is 0 Å². The lowest BCUT2D eigenvalue weighted by Crippen LogP contribution is -2.52. The van der Waals surface area contributed by atoms with E-state index in [9.17, 15) is 0 Å². The van der Waals surface area contributed by atoms with Gasteiger partial charge in [0.25, 0.3) is 0 Å². The van der Waals surface area contributed by atoms with Gasteiger partial charge in [0.2, 0.25) is 0 Å². The molecule has 0 aliphatic carbocycles. The van der Waals surface area contributed by atoms with E-state index in [2.05, 4.69) is 49.8 Å². The Morgan fingerprint density at radius 1 is 1.10 bits per heavy atom. The van der Waals surface area contributed by atoms with Crippen molar-refractivity contribution in [3.05, 3.63) is 28.6 Å². The van der Waals surface area contributed by atoms with Crippen LogP contribution in [0.3, 0.4) is 0 Å². The molecule has 2 aromatic rings. The van der Waals surface area contributed by atoms with Gasteiger partial charge in [-0.3, -0.25) is 4.99 Å². The molecule has 0 aromatic carbocycles. The second kappa shape index (κ2) is 11.4. The number of piperazine rings is 1. The molecule has 4 heterocycles. The molecule has 0 radical (unpaired) electrons. The molecule has 2 aliphatic rings. The van der Waals surface area contributed by atoms with Crippen LogP contribution in [-0.2, 0) is 6.42 Å². The lowest BCUT2D eigenvalue weighted by Gasteiger charge is -2.37. The molecular weight excluding hydrogens is 515 g/mol. The number of guanidine groups is 1. The minimum Gasteiger partial charge on any atom is -0.360 e. The molecule has 4 rings (SSSR count). The second-order valence-corrected chi connectivity index (χ2v) is 8.99. The third-order valence-electron chi connectivity index (χ3n) is 5.28. The van der Waals surface area contributed by atoms with Crippen molar-refractivity contribution in [2.24, 2.45) is 4.99 Å². The van der Waals surface area contributed by atoms with E-state index in [1.165, 1.54) is 28.7 Å². The van der Waals surface area contributed by atoms with Crippen LogP contribution in [0.2, 0.25) is 0 Å². The van der Waals surface area contributed by atoms with Crippen LogP contribution in [0.4, 0.5) is 10.1 Å². The summed E-state index contributed by atoms with van der Waals surface area (Å²) in [5, 5.41) is 10.4. The molecule has 2 aliphatic heterocycles. The van der Waals surface area contributed by atoms with Gasteiger partial charge in [-0.1, -0.05) is 0 Å². The van der Waals surface area contributed by atoms with Crippen LogP contribution in [-0.4, -0.2) is 68.2 Å². The van der Waals surface area contributed by atoms with Crippen molar-refractivity contribution >= 4 is 62.7 Å². The van der Waals surface area contributed by atoms with Crippen LogP contribution in [0.15, 0.2) is 27.9 Å². The standard InChI is InChI=1S/C20H30N6S2.HI/c1-2-21-19(25-13-11-24(12-14-25)18-6-5-15-27-18)22-8-7-17-16-28-20(23-17)26-9-3-4-10-26;/h5-6,15-16H,2-4,7-14H2,1H3,(H,21,22);1H. The van der Waals surface area contributed by atoms with Crippen molar-refractivity contribution in [2.75, 3.05) is 62.2 Å². The van der Waals surface area contributed by atoms with Gasteiger partial charge in [0.05, 0.1) is 10.7 Å². The van der Waals surface area contributed by atoms with Gasteiger partial charge in [0.15, 0.2) is 11.1 Å². The predicted molar refractivity (Wildman–Crippen MR) is 137 cm³/mol. The van der Waals surface area contributed by atoms with Crippen LogP contribution in [0, 0.1) is 0 Å². The van der Waals surface area contributed by atoms with Gasteiger partial charge >= 0.3 is 0 Å². The van der Waals surface area contributed by atoms with Crippen molar-refractivity contribution in [3.8, 4) is 0 Å². The number of thiazole rings is 1. The van der Waals surface area contributed by atoms with E-state index in [4.69, 9.17) is 9.98 Å². The van der Waals surface area contributed by atoms with Gasteiger partial charge in [-0.2, -0.15) is 0 Å². The summed E-state index contributed by atoms with van der Waals surface area (Å²) < 4.78 is 0. The lowest BCUT2D eigenvalue weighted by molar-refractivity contribution is 0.373. The third-order valence-corrected chi connectivity index (χ3v) is 7.16. The van der Waals surface area contributed by atoms with E-state index in [1.807, 2.05) is 11.3 Å². The first-order valence-electron chi connectivity index (χ1n) is 10.3. The Morgan fingerprint density at radius 3 is 2.59 bits per heavy atom. The quantitative estimate of drug-likeness (QED) is 0.340. The van der Waals surface area contributed by atoms with Crippen LogP contribution in [0.5, 0.6) is 0 Å². The van der Waals surface area contributed by atoms with Crippen LogP contribution < -0.4 is 15.1 Å². The molecule has 160 valence electrons. The topological polar surface area (TPSA) is 47.0 Å². The molecule has 29 heavy (non-hydrogen) atoms. The first-order valence-corrected chi connectivity index (χ1v) is 12.1. The number of rotatable bonds is 6. The number of thiophene rings is 1. The number of aromatic nitrogens is 1. The fourth-order valence-electron chi connectivity index (χ4n) is 3.76. The maximum Gasteiger partial charge on any atom is 0.194 e. The number of anilines is 2. The summed E-state index contributed by atoms with van der Waals surface area (Å²) >= 11 is 3.60. The highest BCUT2D eigenvalue weighted by molar-refractivity contribution is 14.0. The van der Waals surface area contributed by atoms with Crippen molar-refractivity contribution in [1.29, 1.82) is 0 Å². The molecule has 0 saturated carbocycles. The predicted octanol–water partition coefficient (Wildman–Crippen LogP) is 3.75. The van der Waals surface area contributed by atoms with Crippen molar-refractivity contribution in [1.82, 2.24) is 15.2 Å². The van der Waals surface area contributed by atoms with E-state index >= 15 is 0 Å². The highest BCUT2D eigenvalue weighted by Gasteiger charge is 2.20. The molecule has 2 aromatic heterocycles. The van der Waals surface area contributed by atoms with Crippen LogP contribution >= 0.6 is 46.7 Å². The summed E-state index contributed by atoms with van der Waals surface area (Å²) in [5.41, 5.74) is 1.18. The van der Waals surface area contributed by atoms with E-state index < -0.39 is 0 Å². The highest BCUT2D eigenvalue weighted by Crippen LogP contribution is 2.25. The zero-order valence-corrected chi connectivity index (χ0v) is 21.0. The van der Waals surface area contributed by atoms with Crippen LogP contribution in [0.1, 0.15) is 25.5 Å². The monoisotopic (exact) mass is 546 g/mol. The maximum absolute atomic E-state index is 4.89. The number of halogens is 1. The fourth-order valence-corrected chi connectivity index (χ4v) is 5.45. The molecular formula is C20H31IN6S2. The van der Waals surface area contributed by atoms with Crippen LogP contribution in [0.25, 0.3) is 0 Å². The van der Waals surface area contributed by atoms with Gasteiger partial charge in [-0.15, -0.1) is 46.7 Å². The first-order chi connectivity index (χ1) is 13.8. The number of nitrogens with one attached hydrogen (secondary N) is 1. The molecule has 1 N–H and O–H groups in total. The lowest BCUT2D eigenvalue weighted by atomic mass is 10.3. The second-order valence-electron chi connectivity index (χ2n) is 7.23. The Bertz CT molecular complexity index is 749. The summed E-state index contributed by atoms with van der Waals surface area (Å²) in [6, 6.07) is 4.34. The Labute approximate surface area is 199 Å². The van der Waals surface area contributed by atoms with Crippen molar-refractivity contribution < 1.29 is 0 Å². The summed E-state index contributed by atoms with van der Waals surface area (Å²) in [6.07, 6.45) is 3.50. The van der Waals surface area contributed by atoms with Gasteiger partial charge in [0, 0.05) is 64.2 Å². The summed E-state index contributed by atoms with van der Waals surface area (Å²) in [4.78, 5) is 17.0. The SMILES string of the molecule is CCNC(=NCCc1csc(N2CCCC2)n1)N1CCN(c2cccs2)CC1.I. The number of nitrogens with zero attached hydrogens (tertiary/aromatic N) is 5. The first kappa shape index (κ1) is 22.6. The van der Waals surface area contributed by atoms with Gasteiger partial charge in [-0.25, -0.2) is 4.98 Å². The Morgan fingerprint density at radius 2 is 1.90 bits per heavy atom. The normalized spacial score (nSPS) is 17.6. The smallest absolute Gasteiger partial charge is 0.194 e. The minimum absolute atomic E-state index is 0. The summed E-state index contributed by atoms with van der Waals surface area (Å²) in [6.45, 7) is 10.3. The fraction of sp³-hybridized carbons (Fsp3) is 0.600. The van der Waals surface area contributed by atoms with Gasteiger partial charge < -0.3 is 20.0 Å². The minimum atomic E-state index is 0. The third kappa shape index (κ3) is 5.97. The van der Waals surface area contributed by atoms with Crippen molar-refractivity contribution in [2.45, 2.75) is 26.2 Å².